The highest BCUT2D eigenvalue weighted by Crippen LogP contribution is 2.16. The quantitative estimate of drug-likeness (QED) is 0.0281. The zero-order valence-electron chi connectivity index (χ0n) is 41.1. The number of likely N-dealkylation sites (N-methyl/N-ethyl adjacent to an activating group) is 1. The number of nitrogens with zero attached hydrogens (tertiary/aromatic N) is 1. The van der Waals surface area contributed by atoms with Crippen molar-refractivity contribution in [3.63, 3.8) is 0 Å². The van der Waals surface area contributed by atoms with Crippen molar-refractivity contribution in [2.24, 2.45) is 0 Å². The van der Waals surface area contributed by atoms with E-state index < -0.39 is 18.1 Å². The Morgan fingerprint density at radius 2 is 0.903 bits per heavy atom. The Morgan fingerprint density at radius 3 is 1.34 bits per heavy atom. The predicted octanol–water partition coefficient (Wildman–Crippen LogP) is 14.8. The molecule has 0 heterocycles. The van der Waals surface area contributed by atoms with E-state index in [1.54, 1.807) is 0 Å². The summed E-state index contributed by atoms with van der Waals surface area (Å²) < 4.78 is 17.4. The topological polar surface area (TPSA) is 99.1 Å². The molecule has 0 aromatic carbocycles. The molecule has 8 nitrogen and oxygen atoms in total. The summed E-state index contributed by atoms with van der Waals surface area (Å²) in [6.45, 7) is 4.65. The van der Waals surface area contributed by atoms with Gasteiger partial charge in [-0.25, -0.2) is 4.79 Å². The Hall–Kier alpha value is -2.71. The second kappa shape index (κ2) is 44.9. The van der Waals surface area contributed by atoms with Crippen LogP contribution in [0.5, 0.6) is 0 Å². The third-order valence-electron chi connectivity index (χ3n) is 11.5. The second-order valence-corrected chi connectivity index (χ2v) is 18.4. The first-order chi connectivity index (χ1) is 30.1. The van der Waals surface area contributed by atoms with Crippen molar-refractivity contribution < 1.29 is 38.2 Å². The van der Waals surface area contributed by atoms with Gasteiger partial charge in [-0.15, -0.1) is 0 Å². The lowest BCUT2D eigenvalue weighted by Crippen LogP contribution is -2.50. The van der Waals surface area contributed by atoms with Gasteiger partial charge in [0, 0.05) is 19.3 Å². The SMILES string of the molecule is CC/C=C\C/C=C\C/C=C\C/C=C\CCCCCCCCCCCCC(=O)OC(COCCC(C(=O)O)[N+](C)(C)C)COC(=O)CCCCCCCCCCCCCCCCC. The number of unbranched alkanes of at least 4 members (excludes halogenated alkanes) is 24. The largest absolute Gasteiger partial charge is 0.477 e. The fourth-order valence-electron chi connectivity index (χ4n) is 7.55. The molecular formula is C54H98NO7+. The van der Waals surface area contributed by atoms with Crippen LogP contribution in [0.15, 0.2) is 48.6 Å². The summed E-state index contributed by atoms with van der Waals surface area (Å²) in [7, 11) is 5.54. The van der Waals surface area contributed by atoms with Crippen LogP contribution in [0, 0.1) is 0 Å². The molecule has 0 saturated carbocycles. The Balaban J connectivity index is 4.22. The van der Waals surface area contributed by atoms with E-state index in [4.69, 9.17) is 14.2 Å². The molecule has 0 bridgehead atoms. The summed E-state index contributed by atoms with van der Waals surface area (Å²) in [5.74, 6) is -1.46. The van der Waals surface area contributed by atoms with E-state index in [9.17, 15) is 19.5 Å². The second-order valence-electron chi connectivity index (χ2n) is 18.4. The monoisotopic (exact) mass is 873 g/mol. The van der Waals surface area contributed by atoms with Gasteiger partial charge >= 0.3 is 17.9 Å². The standard InChI is InChI=1S/C54H97NO7/c1-6-8-10-12-14-16-18-20-22-23-24-25-26-27-28-29-31-33-35-37-39-41-43-45-53(57)62-50(48-60-47-46-51(54(58)59)55(3,4)5)49-61-52(56)44-42-40-38-36-34-32-30-21-19-17-15-13-11-9-7-2/h8,10,14,16,20,22,24-25,50-51H,6-7,9,11-13,15,17-19,21,23,26-49H2,1-5H3/p+1/b10-8-,16-14-,22-20-,25-24-. The number of quaternary nitrogens is 1. The average molecular weight is 873 g/mol. The molecule has 0 aliphatic rings. The summed E-state index contributed by atoms with van der Waals surface area (Å²) in [5.41, 5.74) is 0. The zero-order valence-corrected chi connectivity index (χ0v) is 41.1. The van der Waals surface area contributed by atoms with Crippen LogP contribution in [-0.4, -0.2) is 80.6 Å². The zero-order chi connectivity index (χ0) is 45.6. The van der Waals surface area contributed by atoms with Gasteiger partial charge in [-0.1, -0.05) is 204 Å². The van der Waals surface area contributed by atoms with Crippen LogP contribution in [0.4, 0.5) is 0 Å². The molecule has 0 aliphatic heterocycles. The molecule has 360 valence electrons. The fraction of sp³-hybridized carbons (Fsp3) is 0.796. The molecule has 0 fully saturated rings. The number of aliphatic carboxylic acids is 1. The van der Waals surface area contributed by atoms with Crippen molar-refractivity contribution in [1.29, 1.82) is 0 Å². The van der Waals surface area contributed by atoms with E-state index in [0.717, 1.165) is 64.2 Å². The molecule has 2 atom stereocenters. The van der Waals surface area contributed by atoms with Gasteiger partial charge in [0.2, 0.25) is 0 Å². The van der Waals surface area contributed by atoms with Crippen molar-refractivity contribution in [2.45, 2.75) is 238 Å². The molecule has 0 amide bonds. The van der Waals surface area contributed by atoms with Gasteiger partial charge in [-0.05, 0) is 51.4 Å². The predicted molar refractivity (Wildman–Crippen MR) is 261 cm³/mol. The van der Waals surface area contributed by atoms with E-state index in [0.29, 0.717) is 19.3 Å². The van der Waals surface area contributed by atoms with Crippen LogP contribution in [0.25, 0.3) is 0 Å². The smallest absolute Gasteiger partial charge is 0.362 e. The minimum absolute atomic E-state index is 0.0502. The molecule has 1 N–H and O–H groups in total. The highest BCUT2D eigenvalue weighted by molar-refractivity contribution is 5.72. The van der Waals surface area contributed by atoms with Gasteiger partial charge in [0.15, 0.2) is 12.1 Å². The number of carbonyl (C=O) groups is 3. The molecule has 8 heteroatoms. The fourth-order valence-corrected chi connectivity index (χ4v) is 7.55. The van der Waals surface area contributed by atoms with Crippen molar-refractivity contribution in [1.82, 2.24) is 0 Å². The summed E-state index contributed by atoms with van der Waals surface area (Å²) in [6, 6.07) is -0.615. The van der Waals surface area contributed by atoms with Crippen LogP contribution >= 0.6 is 0 Å². The van der Waals surface area contributed by atoms with Gasteiger partial charge in [0.05, 0.1) is 34.4 Å². The van der Waals surface area contributed by atoms with Gasteiger partial charge in [-0.3, -0.25) is 9.59 Å². The number of hydrogen-bond acceptors (Lipinski definition) is 6. The Kier molecular flexibility index (Phi) is 42.9. The van der Waals surface area contributed by atoms with E-state index >= 15 is 0 Å². The molecule has 0 aliphatic carbocycles. The number of esters is 2. The first-order valence-electron chi connectivity index (χ1n) is 25.7. The van der Waals surface area contributed by atoms with Gasteiger partial charge in [0.25, 0.3) is 0 Å². The normalized spacial score (nSPS) is 13.2. The van der Waals surface area contributed by atoms with Crippen molar-refractivity contribution in [3.8, 4) is 0 Å². The van der Waals surface area contributed by atoms with E-state index in [1.165, 1.54) is 128 Å². The molecule has 0 saturated heterocycles. The van der Waals surface area contributed by atoms with Crippen LogP contribution < -0.4 is 0 Å². The van der Waals surface area contributed by atoms with Crippen LogP contribution in [0.2, 0.25) is 0 Å². The summed E-state index contributed by atoms with van der Waals surface area (Å²) >= 11 is 0. The lowest BCUT2D eigenvalue weighted by molar-refractivity contribution is -0.887. The Morgan fingerprint density at radius 1 is 0.500 bits per heavy atom. The maximum absolute atomic E-state index is 12.8. The lowest BCUT2D eigenvalue weighted by Gasteiger charge is -2.31. The molecule has 0 aromatic heterocycles. The average Bonchev–Trinajstić information content (AvgIpc) is 3.23. The van der Waals surface area contributed by atoms with Gasteiger partial charge in [-0.2, -0.15) is 0 Å². The number of carbonyl (C=O) groups excluding carboxylic acids is 2. The third kappa shape index (κ3) is 42.6. The van der Waals surface area contributed by atoms with Gasteiger partial charge < -0.3 is 23.8 Å². The van der Waals surface area contributed by atoms with Crippen LogP contribution in [0.3, 0.4) is 0 Å². The number of allylic oxidation sites excluding steroid dienone is 8. The van der Waals surface area contributed by atoms with E-state index in [-0.39, 0.29) is 36.2 Å². The molecule has 62 heavy (non-hydrogen) atoms. The van der Waals surface area contributed by atoms with E-state index in [2.05, 4.69) is 62.5 Å². The molecule has 0 rings (SSSR count). The number of carboxylic acid groups (broad SMARTS) is 1. The van der Waals surface area contributed by atoms with Crippen LogP contribution in [0.1, 0.15) is 226 Å². The maximum atomic E-state index is 12.8. The maximum Gasteiger partial charge on any atom is 0.362 e. The highest BCUT2D eigenvalue weighted by Gasteiger charge is 2.31. The summed E-state index contributed by atoms with van der Waals surface area (Å²) in [5, 5.41) is 9.65. The first kappa shape index (κ1) is 59.3. The van der Waals surface area contributed by atoms with Crippen molar-refractivity contribution >= 4 is 17.9 Å². The molecule has 2 unspecified atom stereocenters. The summed E-state index contributed by atoms with van der Waals surface area (Å²) in [4.78, 5) is 37.1. The molecule has 0 aromatic rings. The first-order valence-corrected chi connectivity index (χ1v) is 25.7. The number of carboxylic acids is 1. The van der Waals surface area contributed by atoms with Crippen LogP contribution in [-0.2, 0) is 28.6 Å². The number of hydrogen-bond donors (Lipinski definition) is 1. The Labute approximate surface area is 382 Å². The number of ether oxygens (including phenoxy) is 3. The highest BCUT2D eigenvalue weighted by atomic mass is 16.6. The summed E-state index contributed by atoms with van der Waals surface area (Å²) in [6.07, 6.45) is 54.4. The molecule has 0 radical (unpaired) electrons. The van der Waals surface area contributed by atoms with Crippen molar-refractivity contribution in [2.75, 3.05) is 41.0 Å². The van der Waals surface area contributed by atoms with E-state index in [1.807, 2.05) is 21.1 Å². The minimum Gasteiger partial charge on any atom is -0.477 e. The molecule has 0 spiro atoms. The minimum atomic E-state index is -0.874. The lowest BCUT2D eigenvalue weighted by atomic mass is 10.0. The molecular weight excluding hydrogens is 775 g/mol. The third-order valence-corrected chi connectivity index (χ3v) is 11.5. The Bertz CT molecular complexity index is 1150. The van der Waals surface area contributed by atoms with Crippen molar-refractivity contribution in [3.05, 3.63) is 48.6 Å². The number of rotatable bonds is 46. The van der Waals surface area contributed by atoms with Gasteiger partial charge in [0.1, 0.15) is 6.61 Å².